The van der Waals surface area contributed by atoms with Crippen molar-refractivity contribution in [3.63, 3.8) is 0 Å². The summed E-state index contributed by atoms with van der Waals surface area (Å²) in [6.45, 7) is 0. The van der Waals surface area contributed by atoms with Gasteiger partial charge in [-0.3, -0.25) is 0 Å². The Morgan fingerprint density at radius 2 is 1.38 bits per heavy atom. The summed E-state index contributed by atoms with van der Waals surface area (Å²) < 4.78 is 97.4. The molecule has 0 unspecified atom stereocenters. The van der Waals surface area contributed by atoms with Crippen molar-refractivity contribution in [3.8, 4) is 11.5 Å². The van der Waals surface area contributed by atoms with Gasteiger partial charge >= 0.3 is 150 Å². The minimum atomic E-state index is -4.85. The molecule has 0 amide bonds. The molecule has 0 fully saturated rings. The average molecular weight is 464 g/mol. The van der Waals surface area contributed by atoms with Crippen LogP contribution in [0.25, 0.3) is 0 Å². The van der Waals surface area contributed by atoms with E-state index in [-0.39, 0.29) is 4.90 Å². The summed E-state index contributed by atoms with van der Waals surface area (Å²) in [5.74, 6) is -0.894. The van der Waals surface area contributed by atoms with Crippen LogP contribution < -0.4 is 17.7 Å². The SMILES string of the molecule is O=[SH]1(c2ccc(OC(F)(F)F)cc2)N[Se]c2cc(OC(F)(F)F)ccc21. The third kappa shape index (κ3) is 4.14. The first-order valence-corrected chi connectivity index (χ1v) is 10.2. The van der Waals surface area contributed by atoms with E-state index in [4.69, 9.17) is 0 Å². The number of hydrogen-bond acceptors (Lipinski definition) is 3. The van der Waals surface area contributed by atoms with E-state index < -0.39 is 49.5 Å². The van der Waals surface area contributed by atoms with E-state index in [1.54, 1.807) is 0 Å². The minimum absolute atomic E-state index is 0.220. The zero-order chi connectivity index (χ0) is 19.2. The van der Waals surface area contributed by atoms with Crippen molar-refractivity contribution in [2.45, 2.75) is 22.5 Å². The molecule has 0 aliphatic carbocycles. The van der Waals surface area contributed by atoms with Crippen molar-refractivity contribution in [1.29, 1.82) is 0 Å². The summed E-state index contributed by atoms with van der Waals surface area (Å²) in [6, 6.07) is 7.95. The molecule has 3 rings (SSSR count). The zero-order valence-electron chi connectivity index (χ0n) is 12.4. The van der Waals surface area contributed by atoms with E-state index in [0.29, 0.717) is 9.36 Å². The molecule has 0 saturated carbocycles. The monoisotopic (exact) mass is 465 g/mol. The van der Waals surface area contributed by atoms with E-state index in [2.05, 4.69) is 13.2 Å². The van der Waals surface area contributed by atoms with Gasteiger partial charge < -0.3 is 0 Å². The van der Waals surface area contributed by atoms with Gasteiger partial charge in [0.1, 0.15) is 0 Å². The second kappa shape index (κ2) is 6.45. The van der Waals surface area contributed by atoms with Crippen LogP contribution >= 0.6 is 0 Å². The summed E-state index contributed by atoms with van der Waals surface area (Å²) in [6.07, 6.45) is -9.69. The quantitative estimate of drug-likeness (QED) is 0.418. The molecule has 142 valence electrons. The molecule has 0 atom stereocenters. The van der Waals surface area contributed by atoms with E-state index in [0.717, 1.165) is 24.3 Å². The standard InChI is InChI=1S/C14H9F6NO3SSe/c15-13(16,17)23-8-1-4-10(5-2-8)25(22)11-6-3-9(24-14(18,19)20)7-12(11)26-21-25/h1-7,25H,(H,21,22). The van der Waals surface area contributed by atoms with Gasteiger partial charge in [0.25, 0.3) is 0 Å². The second-order valence-corrected chi connectivity index (χ2v) is 9.92. The molecule has 0 aromatic heterocycles. The molecule has 2 aromatic rings. The van der Waals surface area contributed by atoms with Gasteiger partial charge in [0.2, 0.25) is 0 Å². The molecule has 1 heterocycles. The first-order chi connectivity index (χ1) is 12.0. The average Bonchev–Trinajstić information content (AvgIpc) is 2.83. The van der Waals surface area contributed by atoms with Crippen LogP contribution in [0.4, 0.5) is 26.3 Å². The Labute approximate surface area is 150 Å². The van der Waals surface area contributed by atoms with Crippen molar-refractivity contribution < 1.29 is 40.0 Å². The number of rotatable bonds is 3. The van der Waals surface area contributed by atoms with Crippen LogP contribution in [0.1, 0.15) is 0 Å². The van der Waals surface area contributed by atoms with Crippen LogP contribution in [0.3, 0.4) is 0 Å². The molecule has 12 heteroatoms. The summed E-state index contributed by atoms with van der Waals surface area (Å²) >= 11 is -0.586. The maximum atomic E-state index is 13.2. The van der Waals surface area contributed by atoms with Gasteiger partial charge in [-0.25, -0.2) is 0 Å². The first kappa shape index (κ1) is 19.0. The van der Waals surface area contributed by atoms with E-state index in [1.807, 2.05) is 0 Å². The van der Waals surface area contributed by atoms with Gasteiger partial charge in [0.15, 0.2) is 0 Å². The van der Waals surface area contributed by atoms with Crippen molar-refractivity contribution >= 4 is 29.8 Å². The van der Waals surface area contributed by atoms with Crippen LogP contribution in [0, 0.1) is 0 Å². The number of hydrogen-bond donors (Lipinski definition) is 2. The number of halogens is 6. The molecular weight excluding hydrogens is 455 g/mol. The Morgan fingerprint density at radius 1 is 0.846 bits per heavy atom. The molecular formula is C14H9F6NO3SSe. The van der Waals surface area contributed by atoms with Crippen LogP contribution in [0.2, 0.25) is 0 Å². The Balaban J connectivity index is 1.88. The molecule has 1 aliphatic rings. The third-order valence-corrected chi connectivity index (χ3v) is 9.37. The van der Waals surface area contributed by atoms with E-state index in [9.17, 15) is 30.6 Å². The number of benzene rings is 2. The van der Waals surface area contributed by atoms with Gasteiger partial charge in [0.05, 0.1) is 0 Å². The summed E-state index contributed by atoms with van der Waals surface area (Å²) in [4.78, 5) is 0.522. The molecule has 1 N–H and O–H groups in total. The topological polar surface area (TPSA) is 47.6 Å². The van der Waals surface area contributed by atoms with E-state index in [1.165, 1.54) is 18.2 Å². The fourth-order valence-electron chi connectivity index (χ4n) is 2.25. The second-order valence-electron chi connectivity index (χ2n) is 5.02. The number of ether oxygens (including phenoxy) is 2. The Bertz CT molecular complexity index is 868. The van der Waals surface area contributed by atoms with Crippen molar-refractivity contribution in [2.24, 2.45) is 0 Å². The predicted octanol–water partition coefficient (Wildman–Crippen LogP) is 2.68. The Hall–Kier alpha value is -1.75. The fourth-order valence-corrected chi connectivity index (χ4v) is 8.67. The summed E-state index contributed by atoms with van der Waals surface area (Å²) in [7, 11) is -3.35. The predicted molar refractivity (Wildman–Crippen MR) is 80.8 cm³/mol. The summed E-state index contributed by atoms with van der Waals surface area (Å²) in [5, 5.41) is 0. The van der Waals surface area contributed by atoms with Gasteiger partial charge in [-0.15, -0.1) is 0 Å². The molecule has 0 spiro atoms. The molecule has 0 saturated heterocycles. The summed E-state index contributed by atoms with van der Waals surface area (Å²) in [5.41, 5.74) is 0. The van der Waals surface area contributed by atoms with Crippen LogP contribution in [0.15, 0.2) is 52.3 Å². The van der Waals surface area contributed by atoms with Gasteiger partial charge in [0, 0.05) is 0 Å². The normalized spacial score (nSPS) is 17.5. The maximum absolute atomic E-state index is 13.2. The van der Waals surface area contributed by atoms with Crippen LogP contribution in [-0.2, 0) is 10.1 Å². The number of alkyl halides is 6. The third-order valence-electron chi connectivity index (χ3n) is 3.22. The Kier molecular flexibility index (Phi) is 4.72. The van der Waals surface area contributed by atoms with Gasteiger partial charge in [-0.1, -0.05) is 0 Å². The molecule has 26 heavy (non-hydrogen) atoms. The number of nitrogens with one attached hydrogen (secondary N) is 1. The van der Waals surface area contributed by atoms with Crippen molar-refractivity contribution in [3.05, 3.63) is 42.5 Å². The van der Waals surface area contributed by atoms with E-state index >= 15 is 0 Å². The molecule has 0 radical (unpaired) electrons. The van der Waals surface area contributed by atoms with Gasteiger partial charge in [-0.2, -0.15) is 0 Å². The van der Waals surface area contributed by atoms with Crippen LogP contribution in [0.5, 0.6) is 11.5 Å². The van der Waals surface area contributed by atoms with Crippen molar-refractivity contribution in [2.75, 3.05) is 0 Å². The van der Waals surface area contributed by atoms with Crippen molar-refractivity contribution in [1.82, 2.24) is 3.74 Å². The number of fused-ring (bicyclic) bond motifs is 1. The molecule has 1 aliphatic heterocycles. The number of thiol groups is 1. The Morgan fingerprint density at radius 3 is 1.96 bits per heavy atom. The molecule has 0 bridgehead atoms. The molecule has 4 nitrogen and oxygen atoms in total. The van der Waals surface area contributed by atoms with Crippen LogP contribution in [-0.4, -0.2) is 32.1 Å². The fraction of sp³-hybridized carbons (Fsp3) is 0.143. The molecule has 2 aromatic carbocycles. The first-order valence-electron chi connectivity index (χ1n) is 6.77. The van der Waals surface area contributed by atoms with Gasteiger partial charge in [-0.05, 0) is 0 Å². The zero-order valence-corrected chi connectivity index (χ0v) is 15.0.